The van der Waals surface area contributed by atoms with Crippen LogP contribution in [0.3, 0.4) is 0 Å². The Balaban J connectivity index is 2.17. The standard InChI is InChI=1S/C15H21Br2NOS/c1-11-9-18(10-19-7-8-20(2,3)4)15-13(17)6-5-12(16)14(11)15/h5-6,9H,7-8,10H2,1-4H3. The van der Waals surface area contributed by atoms with Gasteiger partial charge in [0.05, 0.1) is 12.1 Å². The van der Waals surface area contributed by atoms with Crippen LogP contribution >= 0.6 is 41.9 Å². The highest BCUT2D eigenvalue weighted by atomic mass is 79.9. The van der Waals surface area contributed by atoms with Crippen molar-refractivity contribution in [3.05, 3.63) is 32.8 Å². The number of fused-ring (bicyclic) bond motifs is 1. The normalized spacial score (nSPS) is 13.1. The maximum absolute atomic E-state index is 5.86. The van der Waals surface area contributed by atoms with Gasteiger partial charge in [-0.05, 0) is 59.3 Å². The smallest absolute Gasteiger partial charge is 0.122 e. The third kappa shape index (κ3) is 3.81. The predicted octanol–water partition coefficient (Wildman–Crippen LogP) is 5.14. The first kappa shape index (κ1) is 16.4. The van der Waals surface area contributed by atoms with Crippen LogP contribution in [0.4, 0.5) is 0 Å². The van der Waals surface area contributed by atoms with E-state index in [4.69, 9.17) is 4.74 Å². The second-order valence-electron chi connectivity index (χ2n) is 5.87. The highest BCUT2D eigenvalue weighted by molar-refractivity contribution is 9.11. The van der Waals surface area contributed by atoms with Gasteiger partial charge in [-0.1, -0.05) is 15.9 Å². The molecule has 0 saturated heterocycles. The van der Waals surface area contributed by atoms with Gasteiger partial charge in [-0.2, -0.15) is 0 Å². The molecule has 0 unspecified atom stereocenters. The van der Waals surface area contributed by atoms with Crippen molar-refractivity contribution in [2.45, 2.75) is 13.7 Å². The highest BCUT2D eigenvalue weighted by Crippen LogP contribution is 2.35. The zero-order valence-corrected chi connectivity index (χ0v) is 16.4. The van der Waals surface area contributed by atoms with E-state index in [0.717, 1.165) is 21.3 Å². The van der Waals surface area contributed by atoms with Crippen molar-refractivity contribution in [2.24, 2.45) is 0 Å². The molecule has 0 fully saturated rings. The van der Waals surface area contributed by atoms with E-state index in [9.17, 15) is 0 Å². The quantitative estimate of drug-likeness (QED) is 0.608. The summed E-state index contributed by atoms with van der Waals surface area (Å²) >= 11 is 7.27. The van der Waals surface area contributed by atoms with E-state index in [1.54, 1.807) is 0 Å². The molecule has 1 aromatic heterocycles. The number of hydrogen-bond acceptors (Lipinski definition) is 1. The van der Waals surface area contributed by atoms with Crippen molar-refractivity contribution >= 4 is 52.8 Å². The zero-order valence-electron chi connectivity index (χ0n) is 12.4. The Morgan fingerprint density at radius 3 is 2.45 bits per heavy atom. The van der Waals surface area contributed by atoms with Crippen molar-refractivity contribution in [3.63, 3.8) is 0 Å². The summed E-state index contributed by atoms with van der Waals surface area (Å²) in [5.41, 5.74) is 2.46. The zero-order chi connectivity index (χ0) is 14.9. The summed E-state index contributed by atoms with van der Waals surface area (Å²) in [4.78, 5) is 0. The molecule has 0 spiro atoms. The molecule has 0 saturated carbocycles. The van der Waals surface area contributed by atoms with E-state index in [1.807, 2.05) is 0 Å². The molecule has 5 heteroatoms. The molecule has 0 radical (unpaired) electrons. The Hall–Kier alpha value is 0.0300. The second kappa shape index (κ2) is 6.42. The molecule has 2 aromatic rings. The van der Waals surface area contributed by atoms with Gasteiger partial charge in [0, 0.05) is 26.3 Å². The van der Waals surface area contributed by atoms with Gasteiger partial charge in [0.15, 0.2) is 0 Å². The average molecular weight is 423 g/mol. The lowest BCUT2D eigenvalue weighted by Gasteiger charge is -2.24. The molecule has 0 atom stereocenters. The summed E-state index contributed by atoms with van der Waals surface area (Å²) in [5, 5.41) is 1.25. The maximum atomic E-state index is 5.86. The minimum atomic E-state index is -0.482. The molecule has 112 valence electrons. The van der Waals surface area contributed by atoms with Crippen LogP contribution in [0.5, 0.6) is 0 Å². The van der Waals surface area contributed by atoms with Crippen LogP contribution in [0.1, 0.15) is 5.56 Å². The molecule has 0 N–H and O–H groups in total. The second-order valence-corrected chi connectivity index (χ2v) is 12.2. The van der Waals surface area contributed by atoms with Gasteiger partial charge in [0.1, 0.15) is 6.73 Å². The molecular formula is C15H21Br2NOS. The molecule has 0 bridgehead atoms. The first-order valence-electron chi connectivity index (χ1n) is 6.47. The molecule has 0 aliphatic carbocycles. The largest absolute Gasteiger partial charge is 0.360 e. The molecule has 1 aromatic carbocycles. The lowest BCUT2D eigenvalue weighted by molar-refractivity contribution is 0.0926. The van der Waals surface area contributed by atoms with Crippen LogP contribution in [0.25, 0.3) is 10.9 Å². The Morgan fingerprint density at radius 2 is 1.80 bits per heavy atom. The Bertz CT molecular complexity index is 616. The lowest BCUT2D eigenvalue weighted by Crippen LogP contribution is -2.09. The van der Waals surface area contributed by atoms with Gasteiger partial charge in [-0.25, -0.2) is 10.0 Å². The van der Waals surface area contributed by atoms with E-state index >= 15 is 0 Å². The number of rotatable bonds is 5. The molecular weight excluding hydrogens is 402 g/mol. The van der Waals surface area contributed by atoms with Gasteiger partial charge < -0.3 is 9.30 Å². The number of ether oxygens (including phenoxy) is 1. The predicted molar refractivity (Wildman–Crippen MR) is 98.3 cm³/mol. The van der Waals surface area contributed by atoms with Crippen LogP contribution in [0, 0.1) is 6.92 Å². The van der Waals surface area contributed by atoms with Crippen molar-refractivity contribution in [3.8, 4) is 0 Å². The number of halogens is 2. The van der Waals surface area contributed by atoms with Gasteiger partial charge in [0.2, 0.25) is 0 Å². The molecule has 2 rings (SSSR count). The van der Waals surface area contributed by atoms with Crippen LogP contribution < -0.4 is 0 Å². The molecule has 0 amide bonds. The summed E-state index contributed by atoms with van der Waals surface area (Å²) in [7, 11) is -0.482. The van der Waals surface area contributed by atoms with Crippen LogP contribution in [-0.4, -0.2) is 35.7 Å². The van der Waals surface area contributed by atoms with Gasteiger partial charge >= 0.3 is 0 Å². The molecule has 0 aliphatic rings. The lowest BCUT2D eigenvalue weighted by atomic mass is 10.2. The Kier molecular flexibility index (Phi) is 5.27. The van der Waals surface area contributed by atoms with Crippen LogP contribution in [-0.2, 0) is 11.5 Å². The summed E-state index contributed by atoms with van der Waals surface area (Å²) in [6.07, 6.45) is 9.11. The van der Waals surface area contributed by atoms with Gasteiger partial charge in [-0.15, -0.1) is 0 Å². The first-order valence-corrected chi connectivity index (χ1v) is 11.1. The molecule has 0 aliphatic heterocycles. The Morgan fingerprint density at radius 1 is 1.15 bits per heavy atom. The number of aryl methyl sites for hydroxylation is 1. The number of nitrogens with zero attached hydrogens (tertiary/aromatic N) is 1. The monoisotopic (exact) mass is 421 g/mol. The molecule has 20 heavy (non-hydrogen) atoms. The summed E-state index contributed by atoms with van der Waals surface area (Å²) < 4.78 is 10.3. The van der Waals surface area contributed by atoms with Crippen molar-refractivity contribution in [1.29, 1.82) is 0 Å². The van der Waals surface area contributed by atoms with Crippen LogP contribution in [0.15, 0.2) is 27.3 Å². The fourth-order valence-corrected chi connectivity index (χ4v) is 3.94. The summed E-state index contributed by atoms with van der Waals surface area (Å²) in [5.74, 6) is 1.15. The van der Waals surface area contributed by atoms with Crippen LogP contribution in [0.2, 0.25) is 0 Å². The topological polar surface area (TPSA) is 14.2 Å². The molecule has 1 heterocycles. The van der Waals surface area contributed by atoms with E-state index < -0.39 is 10.0 Å². The number of hydrogen-bond donors (Lipinski definition) is 0. The fraction of sp³-hybridized carbons (Fsp3) is 0.467. The minimum absolute atomic E-state index is 0.482. The summed E-state index contributed by atoms with van der Waals surface area (Å²) in [6, 6.07) is 4.15. The molecule has 2 nitrogen and oxygen atoms in total. The third-order valence-electron chi connectivity index (χ3n) is 3.18. The van der Waals surface area contributed by atoms with Crippen molar-refractivity contribution in [1.82, 2.24) is 4.57 Å². The summed E-state index contributed by atoms with van der Waals surface area (Å²) in [6.45, 7) is 3.56. The van der Waals surface area contributed by atoms with Crippen molar-refractivity contribution < 1.29 is 4.74 Å². The Labute approximate surface area is 139 Å². The van der Waals surface area contributed by atoms with E-state index in [1.165, 1.54) is 16.5 Å². The van der Waals surface area contributed by atoms with Gasteiger partial charge in [0.25, 0.3) is 0 Å². The maximum Gasteiger partial charge on any atom is 0.122 e. The SMILES string of the molecule is Cc1cn(COCCS(C)(C)C)c2c(Br)ccc(Br)c12. The first-order chi connectivity index (χ1) is 9.29. The average Bonchev–Trinajstić information content (AvgIpc) is 2.67. The third-order valence-corrected chi connectivity index (χ3v) is 5.87. The fourth-order valence-electron chi connectivity index (χ4n) is 2.13. The van der Waals surface area contributed by atoms with E-state index in [2.05, 4.69) is 80.4 Å². The van der Waals surface area contributed by atoms with Crippen molar-refractivity contribution in [2.75, 3.05) is 31.1 Å². The van der Waals surface area contributed by atoms with Gasteiger partial charge in [-0.3, -0.25) is 0 Å². The van der Waals surface area contributed by atoms with E-state index in [0.29, 0.717) is 6.73 Å². The van der Waals surface area contributed by atoms with E-state index in [-0.39, 0.29) is 0 Å². The number of benzene rings is 1. The highest BCUT2D eigenvalue weighted by Gasteiger charge is 2.12. The minimum Gasteiger partial charge on any atom is -0.360 e. The number of aromatic nitrogens is 1.